The molecule has 0 spiro atoms. The average molecular weight is 323 g/mol. The molecule has 0 saturated carbocycles. The summed E-state index contributed by atoms with van der Waals surface area (Å²) in [5.74, 6) is 0. The number of sulfonamides is 1. The van der Waals surface area contributed by atoms with Crippen LogP contribution in [0.15, 0.2) is 47.4 Å². The molecule has 110 valence electrons. The Balaban J connectivity index is 0.00000176. The topological polar surface area (TPSA) is 48.2 Å². The summed E-state index contributed by atoms with van der Waals surface area (Å²) < 4.78 is 28.9. The van der Waals surface area contributed by atoms with Crippen LogP contribution in [-0.2, 0) is 22.9 Å². The van der Waals surface area contributed by atoms with Gasteiger partial charge in [0.1, 0.15) is 10.0 Å². The number of rotatable bonds is 3. The van der Waals surface area contributed by atoms with Gasteiger partial charge in [-0.1, -0.05) is 41.5 Å². The molecule has 3 rings (SSSR count). The molecule has 0 unspecified atom stereocenters. The third-order valence-corrected chi connectivity index (χ3v) is 5.21. The zero-order chi connectivity index (χ0) is 14.9. The van der Waals surface area contributed by atoms with Gasteiger partial charge in [0.25, 0.3) is 0 Å². The molecule has 2 aromatic rings. The first-order valence-corrected chi connectivity index (χ1v) is 8.66. The van der Waals surface area contributed by atoms with E-state index in [1.54, 1.807) is 30.3 Å². The van der Waals surface area contributed by atoms with Crippen molar-refractivity contribution in [3.8, 4) is 0 Å². The van der Waals surface area contributed by atoms with Gasteiger partial charge in [-0.3, -0.25) is 0 Å². The molecule has 0 atom stereocenters. The Morgan fingerprint density at radius 3 is 2.36 bits per heavy atom. The summed E-state index contributed by atoms with van der Waals surface area (Å²) in [6, 6.07) is 12.6. The van der Waals surface area contributed by atoms with Crippen molar-refractivity contribution in [2.75, 3.05) is 0 Å². The molecule has 0 N–H and O–H groups in total. The fraction of sp³-hybridized carbons (Fsp3) is 0.294. The van der Waals surface area contributed by atoms with Crippen LogP contribution in [0, 0.1) is 6.92 Å². The van der Waals surface area contributed by atoms with Crippen molar-refractivity contribution in [1.29, 1.82) is 0 Å². The molecule has 1 aliphatic carbocycles. The second kappa shape index (κ2) is 7.18. The molecular weight excluding hydrogens is 305 g/mol. The Bertz CT molecular complexity index is 755. The maximum atomic E-state index is 12.4. The average Bonchev–Trinajstić information content (AvgIpc) is 2.48. The summed E-state index contributed by atoms with van der Waals surface area (Å²) in [5, 5.41) is 0. The maximum absolute atomic E-state index is 12.4. The standard InChI is InChI=1S/C17H18NO2S.Na/c1-13-9-11-15(12-10-13)21(19,20)18-17-8-4-6-14-5-2-3-7-16(14)17;/h4,6,8-12H,2-3,5,7H2,1H3;/q-1;+1. The fourth-order valence-electron chi connectivity index (χ4n) is 2.74. The van der Waals surface area contributed by atoms with Crippen LogP contribution in [0.3, 0.4) is 0 Å². The number of benzene rings is 2. The van der Waals surface area contributed by atoms with Gasteiger partial charge in [-0.25, -0.2) is 8.42 Å². The van der Waals surface area contributed by atoms with Gasteiger partial charge >= 0.3 is 29.6 Å². The van der Waals surface area contributed by atoms with Gasteiger partial charge < -0.3 is 4.72 Å². The molecule has 0 saturated heterocycles. The van der Waals surface area contributed by atoms with E-state index >= 15 is 0 Å². The van der Waals surface area contributed by atoms with Crippen molar-refractivity contribution in [2.45, 2.75) is 37.5 Å². The van der Waals surface area contributed by atoms with E-state index in [9.17, 15) is 8.42 Å². The van der Waals surface area contributed by atoms with E-state index in [4.69, 9.17) is 0 Å². The monoisotopic (exact) mass is 323 g/mol. The maximum Gasteiger partial charge on any atom is 1.00 e. The first kappa shape index (κ1) is 17.5. The van der Waals surface area contributed by atoms with E-state index < -0.39 is 10.0 Å². The van der Waals surface area contributed by atoms with Gasteiger partial charge in [0.05, 0.1) is 4.90 Å². The first-order valence-electron chi connectivity index (χ1n) is 7.22. The van der Waals surface area contributed by atoms with Crippen LogP contribution in [-0.4, -0.2) is 8.42 Å². The van der Waals surface area contributed by atoms with Crippen molar-refractivity contribution in [3.63, 3.8) is 0 Å². The summed E-state index contributed by atoms with van der Waals surface area (Å²) in [5.41, 5.74) is 3.97. The largest absolute Gasteiger partial charge is 1.00 e. The van der Waals surface area contributed by atoms with E-state index in [2.05, 4.69) is 10.8 Å². The number of fused-ring (bicyclic) bond motifs is 1. The summed E-state index contributed by atoms with van der Waals surface area (Å²) >= 11 is 0. The molecule has 0 radical (unpaired) electrons. The molecule has 0 heterocycles. The molecule has 5 heteroatoms. The first-order chi connectivity index (χ1) is 10.1. The quantitative estimate of drug-likeness (QED) is 0.799. The second-order valence-electron chi connectivity index (χ2n) is 5.50. The van der Waals surface area contributed by atoms with E-state index in [0.29, 0.717) is 5.69 Å². The van der Waals surface area contributed by atoms with Crippen LogP contribution < -0.4 is 29.6 Å². The van der Waals surface area contributed by atoms with E-state index in [-0.39, 0.29) is 34.5 Å². The van der Waals surface area contributed by atoms with Crippen LogP contribution in [0.4, 0.5) is 5.69 Å². The predicted molar refractivity (Wildman–Crippen MR) is 84.5 cm³/mol. The minimum atomic E-state index is -3.64. The van der Waals surface area contributed by atoms with Gasteiger partial charge in [0.15, 0.2) is 0 Å². The van der Waals surface area contributed by atoms with Crippen molar-refractivity contribution in [3.05, 3.63) is 63.9 Å². The summed E-state index contributed by atoms with van der Waals surface area (Å²) in [4.78, 5) is 0.251. The Labute approximate surface area is 154 Å². The molecule has 22 heavy (non-hydrogen) atoms. The van der Waals surface area contributed by atoms with Crippen LogP contribution in [0.25, 0.3) is 4.72 Å². The second-order valence-corrected chi connectivity index (χ2v) is 7.11. The van der Waals surface area contributed by atoms with Crippen molar-refractivity contribution >= 4 is 15.7 Å². The molecule has 2 aromatic carbocycles. The van der Waals surface area contributed by atoms with Crippen LogP contribution >= 0.6 is 0 Å². The Kier molecular flexibility index (Phi) is 5.72. The van der Waals surface area contributed by atoms with Gasteiger partial charge in [0, 0.05) is 0 Å². The molecule has 0 aromatic heterocycles. The summed E-state index contributed by atoms with van der Waals surface area (Å²) in [7, 11) is -3.64. The zero-order valence-electron chi connectivity index (χ0n) is 13.0. The zero-order valence-corrected chi connectivity index (χ0v) is 15.9. The molecule has 0 fully saturated rings. The summed E-state index contributed by atoms with van der Waals surface area (Å²) in [6.45, 7) is 1.93. The minimum Gasteiger partial charge on any atom is -0.572 e. The Hall–Kier alpha value is -0.810. The van der Waals surface area contributed by atoms with Crippen LogP contribution in [0.2, 0.25) is 0 Å². The number of hydrogen-bond acceptors (Lipinski definition) is 2. The van der Waals surface area contributed by atoms with Gasteiger partial charge in [-0.05, 0) is 50.3 Å². The number of aryl methyl sites for hydroxylation is 2. The summed E-state index contributed by atoms with van der Waals surface area (Å²) in [6.07, 6.45) is 4.20. The van der Waals surface area contributed by atoms with E-state index in [0.717, 1.165) is 30.4 Å². The molecule has 0 aliphatic heterocycles. The minimum absolute atomic E-state index is 0. The normalized spacial score (nSPS) is 13.9. The SMILES string of the molecule is Cc1ccc(S(=O)(=O)[N-]c2cccc3c2CCCC3)cc1.[Na+]. The Morgan fingerprint density at radius 1 is 0.955 bits per heavy atom. The molecule has 0 bridgehead atoms. The van der Waals surface area contributed by atoms with Gasteiger partial charge in [-0.15, -0.1) is 5.69 Å². The van der Waals surface area contributed by atoms with Crippen LogP contribution in [0.5, 0.6) is 0 Å². The van der Waals surface area contributed by atoms with Gasteiger partial charge in [-0.2, -0.15) is 0 Å². The molecule has 0 amide bonds. The smallest absolute Gasteiger partial charge is 0.572 e. The Morgan fingerprint density at radius 2 is 1.64 bits per heavy atom. The third kappa shape index (κ3) is 3.74. The van der Waals surface area contributed by atoms with E-state index in [1.807, 2.05) is 13.0 Å². The van der Waals surface area contributed by atoms with Crippen LogP contribution in [0.1, 0.15) is 29.5 Å². The molecular formula is C17H18NNaO2S. The third-order valence-electron chi connectivity index (χ3n) is 3.91. The number of nitrogens with zero attached hydrogens (tertiary/aromatic N) is 1. The van der Waals surface area contributed by atoms with Crippen molar-refractivity contribution in [2.24, 2.45) is 0 Å². The molecule has 3 nitrogen and oxygen atoms in total. The number of hydrogen-bond donors (Lipinski definition) is 0. The van der Waals surface area contributed by atoms with E-state index in [1.165, 1.54) is 12.0 Å². The van der Waals surface area contributed by atoms with Crippen molar-refractivity contribution < 1.29 is 38.0 Å². The van der Waals surface area contributed by atoms with Gasteiger partial charge in [0.2, 0.25) is 0 Å². The van der Waals surface area contributed by atoms with Crippen molar-refractivity contribution in [1.82, 2.24) is 0 Å². The molecule has 1 aliphatic rings. The fourth-order valence-corrected chi connectivity index (χ4v) is 3.75. The predicted octanol–water partition coefficient (Wildman–Crippen LogP) is 1.27.